The van der Waals surface area contributed by atoms with E-state index in [-0.39, 0.29) is 0 Å². The van der Waals surface area contributed by atoms with Gasteiger partial charge in [-0.25, -0.2) is 4.79 Å². The van der Waals surface area contributed by atoms with E-state index in [9.17, 15) is 14.9 Å². The molecule has 0 aliphatic carbocycles. The Labute approximate surface area is 72.2 Å². The predicted molar refractivity (Wildman–Crippen MR) is 41.3 cm³/mol. The Morgan fingerprint density at radius 2 is 2.38 bits per heavy atom. The molecule has 0 radical (unpaired) electrons. The highest BCUT2D eigenvalue weighted by molar-refractivity contribution is 5.89. The van der Waals surface area contributed by atoms with Crippen LogP contribution < -0.4 is 0 Å². The van der Waals surface area contributed by atoms with E-state index in [1.165, 1.54) is 18.6 Å². The third-order valence-electron chi connectivity index (χ3n) is 1.26. The first-order valence-electron chi connectivity index (χ1n) is 3.23. The number of furan rings is 1. The highest BCUT2D eigenvalue weighted by Gasteiger charge is 2.20. The number of nitro groups is 1. The van der Waals surface area contributed by atoms with Crippen molar-refractivity contribution in [2.45, 2.75) is 0 Å². The average molecular weight is 183 g/mol. The lowest BCUT2D eigenvalue weighted by atomic mass is 10.3. The molecule has 0 atom stereocenters. The van der Waals surface area contributed by atoms with Crippen LogP contribution in [0.5, 0.6) is 0 Å². The average Bonchev–Trinajstić information content (AvgIpc) is 2.50. The van der Waals surface area contributed by atoms with Gasteiger partial charge in [-0.1, -0.05) is 0 Å². The molecule has 0 aliphatic rings. The Hall–Kier alpha value is -2.11. The Morgan fingerprint density at radius 3 is 2.77 bits per heavy atom. The summed E-state index contributed by atoms with van der Waals surface area (Å²) < 4.78 is 4.61. The van der Waals surface area contributed by atoms with Crippen molar-refractivity contribution in [2.75, 3.05) is 0 Å². The first-order valence-corrected chi connectivity index (χ1v) is 3.23. The van der Waals surface area contributed by atoms with Crippen molar-refractivity contribution in [3.05, 3.63) is 40.0 Å². The molecule has 1 rings (SSSR count). The second kappa shape index (κ2) is 3.53. The Kier molecular flexibility index (Phi) is 2.44. The summed E-state index contributed by atoms with van der Waals surface area (Å²) in [4.78, 5) is 19.6. The fraction of sp³-hybridized carbons (Fsp3) is 0. The molecule has 1 aromatic heterocycles. The summed E-state index contributed by atoms with van der Waals surface area (Å²) in [6.07, 6.45) is 3.43. The largest absolute Gasteiger partial charge is 0.473 e. The molecule has 0 aromatic carbocycles. The predicted octanol–water partition coefficient (Wildman–Crippen LogP) is 0.982. The van der Waals surface area contributed by atoms with E-state index in [4.69, 9.17) is 5.11 Å². The molecule has 0 unspecified atom stereocenters. The molecule has 0 spiro atoms. The van der Waals surface area contributed by atoms with Gasteiger partial charge in [0.25, 0.3) is 0 Å². The van der Waals surface area contributed by atoms with Gasteiger partial charge in [-0.2, -0.15) is 0 Å². The molecule has 0 saturated heterocycles. The van der Waals surface area contributed by atoms with Crippen LogP contribution in [0, 0.1) is 10.1 Å². The number of carboxylic acids is 1. The molecule has 0 bridgehead atoms. The summed E-state index contributed by atoms with van der Waals surface area (Å²) in [6, 6.07) is 1.42. The van der Waals surface area contributed by atoms with Crippen LogP contribution in [-0.4, -0.2) is 16.0 Å². The first-order chi connectivity index (χ1) is 6.11. The topological polar surface area (TPSA) is 93.6 Å². The van der Waals surface area contributed by atoms with Gasteiger partial charge in [0.1, 0.15) is 0 Å². The number of hydrogen-bond donors (Lipinski definition) is 1. The molecule has 0 amide bonds. The molecule has 0 aliphatic heterocycles. The van der Waals surface area contributed by atoms with E-state index in [0.717, 1.165) is 6.08 Å². The summed E-state index contributed by atoms with van der Waals surface area (Å²) in [5, 5.41) is 18.6. The summed E-state index contributed by atoms with van der Waals surface area (Å²) in [5.74, 6) is -1.58. The highest BCUT2D eigenvalue weighted by atomic mass is 16.6. The molecule has 1 aromatic rings. The Balaban J connectivity index is 3.01. The van der Waals surface area contributed by atoms with Crippen LogP contribution in [0.25, 0.3) is 6.08 Å². The third kappa shape index (κ3) is 2.16. The molecule has 6 heteroatoms. The van der Waals surface area contributed by atoms with Gasteiger partial charge in [0.2, 0.25) is 0 Å². The first kappa shape index (κ1) is 8.98. The molecular weight excluding hydrogens is 178 g/mol. The summed E-state index contributed by atoms with van der Waals surface area (Å²) >= 11 is 0. The van der Waals surface area contributed by atoms with Gasteiger partial charge in [0.15, 0.2) is 0 Å². The monoisotopic (exact) mass is 183 g/mol. The van der Waals surface area contributed by atoms with Crippen LogP contribution >= 0.6 is 0 Å². The molecule has 1 N–H and O–H groups in total. The summed E-state index contributed by atoms with van der Waals surface area (Å²) in [6.45, 7) is 0. The number of hydrogen-bond acceptors (Lipinski definition) is 4. The number of carboxylic acid groups (broad SMARTS) is 1. The van der Waals surface area contributed by atoms with Crippen molar-refractivity contribution in [3.8, 4) is 0 Å². The zero-order valence-electron chi connectivity index (χ0n) is 6.34. The Bertz CT molecular complexity index is 335. The smallest absolute Gasteiger partial charge is 0.407 e. The fourth-order valence-electron chi connectivity index (χ4n) is 0.708. The van der Waals surface area contributed by atoms with Gasteiger partial charge < -0.3 is 9.52 Å². The van der Waals surface area contributed by atoms with Gasteiger partial charge in [-0.3, -0.25) is 10.1 Å². The number of rotatable bonds is 3. The van der Waals surface area contributed by atoms with Gasteiger partial charge in [0.05, 0.1) is 17.4 Å². The molecule has 1 heterocycles. The lowest BCUT2D eigenvalue weighted by Gasteiger charge is -1.89. The van der Waals surface area contributed by atoms with Crippen LogP contribution in [-0.2, 0) is 4.79 Å². The van der Waals surface area contributed by atoms with Crippen LogP contribution in [0.4, 0.5) is 0 Å². The fourth-order valence-corrected chi connectivity index (χ4v) is 0.708. The maximum Gasteiger partial charge on any atom is 0.407 e. The summed E-state index contributed by atoms with van der Waals surface area (Å²) in [7, 11) is 0. The molecular formula is C7H5NO5. The minimum absolute atomic E-state index is 0.342. The van der Waals surface area contributed by atoms with Gasteiger partial charge in [-0.05, 0) is 6.07 Å². The normalized spacial score (nSPS) is 11.2. The number of aliphatic carboxylic acids is 1. The van der Waals surface area contributed by atoms with Crippen molar-refractivity contribution >= 4 is 12.0 Å². The van der Waals surface area contributed by atoms with E-state index in [1.54, 1.807) is 0 Å². The highest BCUT2D eigenvalue weighted by Crippen LogP contribution is 2.07. The van der Waals surface area contributed by atoms with Crippen molar-refractivity contribution < 1.29 is 19.2 Å². The van der Waals surface area contributed by atoms with Crippen LogP contribution in [0.3, 0.4) is 0 Å². The van der Waals surface area contributed by atoms with Crippen LogP contribution in [0.1, 0.15) is 5.56 Å². The quantitative estimate of drug-likeness (QED) is 0.428. The number of nitrogens with zero attached hydrogens (tertiary/aromatic N) is 1. The van der Waals surface area contributed by atoms with Crippen molar-refractivity contribution in [2.24, 2.45) is 0 Å². The van der Waals surface area contributed by atoms with E-state index < -0.39 is 16.6 Å². The maximum absolute atomic E-state index is 10.3. The third-order valence-corrected chi connectivity index (χ3v) is 1.26. The van der Waals surface area contributed by atoms with Gasteiger partial charge >= 0.3 is 11.7 Å². The second-order valence-corrected chi connectivity index (χ2v) is 2.15. The van der Waals surface area contributed by atoms with Crippen molar-refractivity contribution in [1.82, 2.24) is 0 Å². The molecule has 0 saturated carbocycles. The standard InChI is InChI=1S/C7H5NO5/c9-7(10)6(8(11)12)3-5-1-2-13-4-5/h1-4H,(H,9,10)/b6-3+. The van der Waals surface area contributed by atoms with E-state index in [2.05, 4.69) is 4.42 Å². The van der Waals surface area contributed by atoms with Crippen LogP contribution in [0.15, 0.2) is 28.7 Å². The Morgan fingerprint density at radius 1 is 1.69 bits per heavy atom. The minimum atomic E-state index is -1.58. The van der Waals surface area contributed by atoms with Crippen molar-refractivity contribution in [1.29, 1.82) is 0 Å². The minimum Gasteiger partial charge on any atom is -0.473 e. The molecule has 0 fully saturated rings. The lowest BCUT2D eigenvalue weighted by molar-refractivity contribution is -0.419. The van der Waals surface area contributed by atoms with E-state index >= 15 is 0 Å². The van der Waals surface area contributed by atoms with E-state index in [1.807, 2.05) is 0 Å². The van der Waals surface area contributed by atoms with Gasteiger partial charge in [-0.15, -0.1) is 0 Å². The zero-order valence-corrected chi connectivity index (χ0v) is 6.34. The molecule has 6 nitrogen and oxygen atoms in total. The zero-order chi connectivity index (χ0) is 9.84. The second-order valence-electron chi connectivity index (χ2n) is 2.15. The summed E-state index contributed by atoms with van der Waals surface area (Å²) in [5.41, 5.74) is -0.546. The molecule has 68 valence electrons. The van der Waals surface area contributed by atoms with Crippen molar-refractivity contribution in [3.63, 3.8) is 0 Å². The van der Waals surface area contributed by atoms with Gasteiger partial charge in [0, 0.05) is 11.6 Å². The maximum atomic E-state index is 10.3. The number of carbonyl (C=O) groups is 1. The van der Waals surface area contributed by atoms with E-state index in [0.29, 0.717) is 5.56 Å². The SMILES string of the molecule is O=C(O)/C(=C\c1ccoc1)[N+](=O)[O-]. The van der Waals surface area contributed by atoms with Crippen LogP contribution in [0.2, 0.25) is 0 Å². The lowest BCUT2D eigenvalue weighted by Crippen LogP contribution is -2.09. The molecule has 13 heavy (non-hydrogen) atoms.